The molecule has 19 heavy (non-hydrogen) atoms. The zero-order chi connectivity index (χ0) is 14.8. The van der Waals surface area contributed by atoms with E-state index in [9.17, 15) is 13.2 Å². The second kappa shape index (κ2) is 5.94. The van der Waals surface area contributed by atoms with Crippen molar-refractivity contribution in [1.82, 2.24) is 9.97 Å². The van der Waals surface area contributed by atoms with Crippen LogP contribution in [-0.2, 0) is 6.18 Å². The highest BCUT2D eigenvalue weighted by Crippen LogP contribution is 2.31. The molecule has 0 N–H and O–H groups in total. The van der Waals surface area contributed by atoms with E-state index in [0.29, 0.717) is 5.92 Å². The summed E-state index contributed by atoms with van der Waals surface area (Å²) in [5.41, 5.74) is -1.02. The third kappa shape index (κ3) is 4.53. The molecule has 1 unspecified atom stereocenters. The topological polar surface area (TPSA) is 29.0 Å². The van der Waals surface area contributed by atoms with Crippen LogP contribution in [0.5, 0.6) is 0 Å². The number of aromatic nitrogens is 2. The number of anilines is 1. The maximum absolute atomic E-state index is 12.7. The zero-order valence-corrected chi connectivity index (χ0v) is 12.0. The second-order valence-corrected chi connectivity index (χ2v) is 5.31. The fourth-order valence-corrected chi connectivity index (χ4v) is 1.98. The standard InChI is InChI=1S/C12H17ClF3N3/c1-7(2)5-8(3)19(4)10-6-9(12(14,15)16)17-11(13)18-10/h6-8H,5H2,1-4H3. The van der Waals surface area contributed by atoms with Crippen molar-refractivity contribution in [3.8, 4) is 0 Å². The van der Waals surface area contributed by atoms with E-state index in [4.69, 9.17) is 11.6 Å². The van der Waals surface area contributed by atoms with Crippen molar-refractivity contribution in [1.29, 1.82) is 0 Å². The van der Waals surface area contributed by atoms with E-state index in [-0.39, 0.29) is 11.9 Å². The smallest absolute Gasteiger partial charge is 0.357 e. The fourth-order valence-electron chi connectivity index (χ4n) is 1.80. The van der Waals surface area contributed by atoms with Gasteiger partial charge in [-0.15, -0.1) is 0 Å². The molecule has 0 bridgehead atoms. The summed E-state index contributed by atoms with van der Waals surface area (Å²) >= 11 is 5.56. The maximum Gasteiger partial charge on any atom is 0.433 e. The largest absolute Gasteiger partial charge is 0.433 e. The van der Waals surface area contributed by atoms with Crippen LogP contribution in [0.1, 0.15) is 32.9 Å². The summed E-state index contributed by atoms with van der Waals surface area (Å²) in [7, 11) is 1.70. The third-order valence-electron chi connectivity index (χ3n) is 2.81. The van der Waals surface area contributed by atoms with Crippen molar-refractivity contribution in [2.75, 3.05) is 11.9 Å². The van der Waals surface area contributed by atoms with Gasteiger partial charge in [0.1, 0.15) is 5.82 Å². The Hall–Kier alpha value is -1.04. The van der Waals surface area contributed by atoms with Crippen molar-refractivity contribution < 1.29 is 13.2 Å². The summed E-state index contributed by atoms with van der Waals surface area (Å²) in [6.45, 7) is 6.04. The highest BCUT2D eigenvalue weighted by atomic mass is 35.5. The Morgan fingerprint density at radius 1 is 1.26 bits per heavy atom. The first-order chi connectivity index (χ1) is 8.61. The van der Waals surface area contributed by atoms with Crippen LogP contribution < -0.4 is 4.90 Å². The zero-order valence-electron chi connectivity index (χ0n) is 11.3. The molecular weight excluding hydrogens is 279 g/mol. The average Bonchev–Trinajstić information content (AvgIpc) is 2.25. The molecule has 108 valence electrons. The highest BCUT2D eigenvalue weighted by molar-refractivity contribution is 6.28. The van der Waals surface area contributed by atoms with Crippen LogP contribution in [0, 0.1) is 5.92 Å². The molecule has 1 rings (SSSR count). The molecule has 0 aliphatic carbocycles. The molecule has 0 saturated carbocycles. The Morgan fingerprint density at radius 3 is 2.32 bits per heavy atom. The first-order valence-corrected chi connectivity index (χ1v) is 6.33. The molecule has 0 aliphatic rings. The Morgan fingerprint density at radius 2 is 1.84 bits per heavy atom. The van der Waals surface area contributed by atoms with E-state index in [1.165, 1.54) is 0 Å². The molecule has 0 aliphatic heterocycles. The SMILES string of the molecule is CC(C)CC(C)N(C)c1cc(C(F)(F)F)nc(Cl)n1. The van der Waals surface area contributed by atoms with Gasteiger partial charge in [0.25, 0.3) is 0 Å². The van der Waals surface area contributed by atoms with E-state index in [0.717, 1.165) is 12.5 Å². The number of hydrogen-bond donors (Lipinski definition) is 0. The van der Waals surface area contributed by atoms with Crippen LogP contribution in [-0.4, -0.2) is 23.1 Å². The Kier molecular flexibility index (Phi) is 5.01. The Bertz CT molecular complexity index is 435. The Labute approximate surface area is 115 Å². The number of hydrogen-bond acceptors (Lipinski definition) is 3. The maximum atomic E-state index is 12.7. The molecular formula is C12H17ClF3N3. The van der Waals surface area contributed by atoms with Crippen LogP contribution in [0.25, 0.3) is 0 Å². The lowest BCUT2D eigenvalue weighted by Crippen LogP contribution is -2.31. The van der Waals surface area contributed by atoms with Gasteiger partial charge >= 0.3 is 6.18 Å². The number of rotatable bonds is 4. The van der Waals surface area contributed by atoms with Gasteiger partial charge in [-0.2, -0.15) is 13.2 Å². The summed E-state index contributed by atoms with van der Waals surface area (Å²) in [5.74, 6) is 0.623. The van der Waals surface area contributed by atoms with Crippen molar-refractivity contribution in [3.63, 3.8) is 0 Å². The summed E-state index contributed by atoms with van der Waals surface area (Å²) in [6, 6.07) is 0.981. The molecule has 0 amide bonds. The quantitative estimate of drug-likeness (QED) is 0.786. The summed E-state index contributed by atoms with van der Waals surface area (Å²) < 4.78 is 38.0. The number of halogens is 4. The molecule has 1 heterocycles. The van der Waals surface area contributed by atoms with Crippen LogP contribution in [0.15, 0.2) is 6.07 Å². The minimum Gasteiger partial charge on any atom is -0.357 e. The number of alkyl halides is 3. The molecule has 7 heteroatoms. The summed E-state index contributed by atoms with van der Waals surface area (Å²) in [5, 5.41) is -0.395. The van der Waals surface area contributed by atoms with Gasteiger partial charge in [-0.25, -0.2) is 9.97 Å². The van der Waals surface area contributed by atoms with E-state index >= 15 is 0 Å². The van der Waals surface area contributed by atoms with Crippen molar-refractivity contribution in [2.45, 2.75) is 39.4 Å². The van der Waals surface area contributed by atoms with Gasteiger partial charge in [0.2, 0.25) is 5.28 Å². The molecule has 0 fully saturated rings. The van der Waals surface area contributed by atoms with Crippen LogP contribution in [0.4, 0.5) is 19.0 Å². The first-order valence-electron chi connectivity index (χ1n) is 5.96. The second-order valence-electron chi connectivity index (χ2n) is 4.97. The summed E-state index contributed by atoms with van der Waals surface area (Å²) in [4.78, 5) is 8.75. The number of nitrogens with zero attached hydrogens (tertiary/aromatic N) is 3. The van der Waals surface area contributed by atoms with Gasteiger partial charge in [-0.05, 0) is 30.9 Å². The molecule has 0 aromatic carbocycles. The van der Waals surface area contributed by atoms with E-state index in [2.05, 4.69) is 23.8 Å². The van der Waals surface area contributed by atoms with Gasteiger partial charge in [0.15, 0.2) is 5.69 Å². The fraction of sp³-hybridized carbons (Fsp3) is 0.667. The van der Waals surface area contributed by atoms with Crippen molar-refractivity contribution in [2.24, 2.45) is 5.92 Å². The normalized spacial score (nSPS) is 13.7. The highest BCUT2D eigenvalue weighted by Gasteiger charge is 2.34. The molecule has 3 nitrogen and oxygen atoms in total. The van der Waals surface area contributed by atoms with E-state index < -0.39 is 17.2 Å². The van der Waals surface area contributed by atoms with Gasteiger partial charge in [-0.3, -0.25) is 0 Å². The molecule has 1 aromatic rings. The van der Waals surface area contributed by atoms with Gasteiger partial charge in [-0.1, -0.05) is 13.8 Å². The van der Waals surface area contributed by atoms with Crippen LogP contribution in [0.2, 0.25) is 5.28 Å². The third-order valence-corrected chi connectivity index (χ3v) is 2.98. The predicted octanol–water partition coefficient (Wildman–Crippen LogP) is 4.02. The molecule has 0 saturated heterocycles. The predicted molar refractivity (Wildman–Crippen MR) is 69.4 cm³/mol. The molecule has 1 aromatic heterocycles. The lowest BCUT2D eigenvalue weighted by atomic mass is 10.0. The average molecular weight is 296 g/mol. The van der Waals surface area contributed by atoms with E-state index in [1.807, 2.05) is 6.92 Å². The minimum absolute atomic E-state index is 0.0621. The van der Waals surface area contributed by atoms with E-state index in [1.54, 1.807) is 11.9 Å². The molecule has 0 spiro atoms. The van der Waals surface area contributed by atoms with Gasteiger partial charge < -0.3 is 4.90 Å². The van der Waals surface area contributed by atoms with Gasteiger partial charge in [0, 0.05) is 19.2 Å². The van der Waals surface area contributed by atoms with Gasteiger partial charge in [0.05, 0.1) is 0 Å². The Balaban J connectivity index is 3.03. The summed E-state index contributed by atoms with van der Waals surface area (Å²) in [6.07, 6.45) is -3.68. The van der Waals surface area contributed by atoms with Crippen molar-refractivity contribution in [3.05, 3.63) is 17.0 Å². The van der Waals surface area contributed by atoms with Crippen LogP contribution >= 0.6 is 11.6 Å². The molecule has 0 radical (unpaired) electrons. The van der Waals surface area contributed by atoms with Crippen molar-refractivity contribution >= 4 is 17.4 Å². The monoisotopic (exact) mass is 295 g/mol. The minimum atomic E-state index is -4.52. The lowest BCUT2D eigenvalue weighted by Gasteiger charge is -2.27. The van der Waals surface area contributed by atoms with Crippen LogP contribution in [0.3, 0.4) is 0 Å². The lowest BCUT2D eigenvalue weighted by molar-refractivity contribution is -0.141. The first kappa shape index (κ1) is 16.0. The molecule has 1 atom stereocenters.